The maximum Gasteiger partial charge on any atom is 0.335 e. The summed E-state index contributed by atoms with van der Waals surface area (Å²) >= 11 is 0. The molecule has 0 saturated heterocycles. The highest BCUT2D eigenvalue weighted by atomic mass is 19.1. The third kappa shape index (κ3) is 2.43. The van der Waals surface area contributed by atoms with Crippen molar-refractivity contribution in [2.45, 2.75) is 6.92 Å². The van der Waals surface area contributed by atoms with Gasteiger partial charge >= 0.3 is 5.97 Å². The highest BCUT2D eigenvalue weighted by Gasteiger charge is 2.11. The average molecular weight is 286 g/mol. The summed E-state index contributed by atoms with van der Waals surface area (Å²) in [6.07, 6.45) is 0. The molecule has 0 spiro atoms. The van der Waals surface area contributed by atoms with Crippen molar-refractivity contribution < 1.29 is 18.7 Å². The van der Waals surface area contributed by atoms with Gasteiger partial charge in [-0.2, -0.15) is 4.98 Å². The van der Waals surface area contributed by atoms with Crippen molar-refractivity contribution in [1.82, 2.24) is 4.98 Å². The third-order valence-corrected chi connectivity index (χ3v) is 3.14. The van der Waals surface area contributed by atoms with Crippen LogP contribution in [0.15, 0.2) is 40.8 Å². The van der Waals surface area contributed by atoms with E-state index in [-0.39, 0.29) is 17.4 Å². The second kappa shape index (κ2) is 4.90. The normalized spacial score (nSPS) is 10.8. The van der Waals surface area contributed by atoms with Crippen LogP contribution in [0.3, 0.4) is 0 Å². The number of hydrogen-bond acceptors (Lipinski definition) is 4. The first-order valence-electron chi connectivity index (χ1n) is 6.20. The first kappa shape index (κ1) is 13.1. The predicted molar refractivity (Wildman–Crippen MR) is 75.4 cm³/mol. The molecule has 0 radical (unpaired) electrons. The molecule has 2 aromatic carbocycles. The summed E-state index contributed by atoms with van der Waals surface area (Å²) in [5, 5.41) is 11.8. The number of carbonyl (C=O) groups is 1. The van der Waals surface area contributed by atoms with Crippen molar-refractivity contribution in [3.05, 3.63) is 53.3 Å². The van der Waals surface area contributed by atoms with Crippen LogP contribution in [0, 0.1) is 12.7 Å². The topological polar surface area (TPSA) is 75.4 Å². The van der Waals surface area contributed by atoms with Crippen molar-refractivity contribution in [2.24, 2.45) is 0 Å². The molecule has 1 heterocycles. The molecule has 1 aromatic heterocycles. The standard InChI is InChI=1S/C15H11FN2O3/c1-8-10(16)3-2-4-11(8)17-15-18-12-6-5-9(14(19)20)7-13(12)21-15/h2-7H,1H3,(H,17,18)(H,19,20). The number of hydrogen-bond donors (Lipinski definition) is 2. The van der Waals surface area contributed by atoms with Crippen LogP contribution in [0.5, 0.6) is 0 Å². The molecule has 6 heteroatoms. The van der Waals surface area contributed by atoms with Crippen molar-refractivity contribution in [3.63, 3.8) is 0 Å². The predicted octanol–water partition coefficient (Wildman–Crippen LogP) is 3.72. The SMILES string of the molecule is Cc1c(F)cccc1Nc1nc2ccc(C(=O)O)cc2o1. The highest BCUT2D eigenvalue weighted by Crippen LogP contribution is 2.25. The number of aromatic nitrogens is 1. The lowest BCUT2D eigenvalue weighted by Crippen LogP contribution is -1.95. The van der Waals surface area contributed by atoms with Crippen molar-refractivity contribution in [2.75, 3.05) is 5.32 Å². The van der Waals surface area contributed by atoms with E-state index in [0.29, 0.717) is 22.4 Å². The summed E-state index contributed by atoms with van der Waals surface area (Å²) in [7, 11) is 0. The fourth-order valence-corrected chi connectivity index (χ4v) is 1.97. The number of halogens is 1. The van der Waals surface area contributed by atoms with E-state index in [0.717, 1.165) is 0 Å². The van der Waals surface area contributed by atoms with Gasteiger partial charge in [-0.3, -0.25) is 0 Å². The lowest BCUT2D eigenvalue weighted by Gasteiger charge is -2.05. The molecule has 21 heavy (non-hydrogen) atoms. The Balaban J connectivity index is 1.98. The van der Waals surface area contributed by atoms with Gasteiger partial charge in [0.15, 0.2) is 5.58 Å². The van der Waals surface area contributed by atoms with E-state index in [9.17, 15) is 9.18 Å². The summed E-state index contributed by atoms with van der Waals surface area (Å²) in [6, 6.07) is 9.24. The van der Waals surface area contributed by atoms with Crippen LogP contribution in [-0.4, -0.2) is 16.1 Å². The molecular formula is C15H11FN2O3. The van der Waals surface area contributed by atoms with E-state index in [1.807, 2.05) is 0 Å². The van der Waals surface area contributed by atoms with E-state index < -0.39 is 5.97 Å². The Morgan fingerprint density at radius 3 is 2.90 bits per heavy atom. The minimum Gasteiger partial charge on any atom is -0.478 e. The Hall–Kier alpha value is -2.89. The van der Waals surface area contributed by atoms with E-state index in [1.165, 1.54) is 18.2 Å². The number of fused-ring (bicyclic) bond motifs is 1. The monoisotopic (exact) mass is 286 g/mol. The lowest BCUT2D eigenvalue weighted by molar-refractivity contribution is 0.0697. The quantitative estimate of drug-likeness (QED) is 0.767. The Labute approximate surface area is 119 Å². The molecular weight excluding hydrogens is 275 g/mol. The summed E-state index contributed by atoms with van der Waals surface area (Å²) < 4.78 is 18.9. The fourth-order valence-electron chi connectivity index (χ4n) is 1.97. The van der Waals surface area contributed by atoms with Gasteiger partial charge in [-0.25, -0.2) is 9.18 Å². The minimum absolute atomic E-state index is 0.118. The van der Waals surface area contributed by atoms with Crippen LogP contribution in [0.25, 0.3) is 11.1 Å². The number of anilines is 2. The number of aromatic carboxylic acids is 1. The van der Waals surface area contributed by atoms with Crippen LogP contribution in [0.4, 0.5) is 16.1 Å². The Morgan fingerprint density at radius 1 is 1.33 bits per heavy atom. The molecule has 0 aliphatic rings. The second-order valence-electron chi connectivity index (χ2n) is 4.54. The molecule has 0 atom stereocenters. The molecule has 0 unspecified atom stereocenters. The molecule has 0 aliphatic carbocycles. The number of benzene rings is 2. The molecule has 0 fully saturated rings. The van der Waals surface area contributed by atoms with Crippen molar-refractivity contribution in [3.8, 4) is 0 Å². The van der Waals surface area contributed by atoms with Gasteiger partial charge in [0, 0.05) is 11.3 Å². The number of nitrogens with one attached hydrogen (secondary N) is 1. The van der Waals surface area contributed by atoms with Crippen LogP contribution >= 0.6 is 0 Å². The van der Waals surface area contributed by atoms with E-state index in [1.54, 1.807) is 25.1 Å². The number of oxazole rings is 1. The molecule has 0 bridgehead atoms. The smallest absolute Gasteiger partial charge is 0.335 e. The molecule has 3 aromatic rings. The zero-order chi connectivity index (χ0) is 15.0. The molecule has 3 rings (SSSR count). The highest BCUT2D eigenvalue weighted by molar-refractivity contribution is 5.92. The van der Waals surface area contributed by atoms with Gasteiger partial charge < -0.3 is 14.8 Å². The average Bonchev–Trinajstić information content (AvgIpc) is 2.85. The molecule has 0 saturated carbocycles. The van der Waals surface area contributed by atoms with Gasteiger partial charge in [-0.15, -0.1) is 0 Å². The number of carboxylic acids is 1. The van der Waals surface area contributed by atoms with Crippen LogP contribution in [0.1, 0.15) is 15.9 Å². The van der Waals surface area contributed by atoms with Gasteiger partial charge in [0.25, 0.3) is 6.01 Å². The second-order valence-corrected chi connectivity index (χ2v) is 4.54. The van der Waals surface area contributed by atoms with Gasteiger partial charge in [0.2, 0.25) is 0 Å². The number of rotatable bonds is 3. The van der Waals surface area contributed by atoms with Crippen LogP contribution in [0.2, 0.25) is 0 Å². The zero-order valence-corrected chi connectivity index (χ0v) is 11.1. The Morgan fingerprint density at radius 2 is 2.14 bits per heavy atom. The van der Waals surface area contributed by atoms with E-state index >= 15 is 0 Å². The van der Waals surface area contributed by atoms with Gasteiger partial charge in [0.1, 0.15) is 11.3 Å². The molecule has 106 valence electrons. The van der Waals surface area contributed by atoms with E-state index in [2.05, 4.69) is 10.3 Å². The van der Waals surface area contributed by atoms with Crippen molar-refractivity contribution in [1.29, 1.82) is 0 Å². The van der Waals surface area contributed by atoms with Crippen LogP contribution in [-0.2, 0) is 0 Å². The van der Waals surface area contributed by atoms with E-state index in [4.69, 9.17) is 9.52 Å². The molecule has 5 nitrogen and oxygen atoms in total. The number of nitrogens with zero attached hydrogens (tertiary/aromatic N) is 1. The van der Waals surface area contributed by atoms with Gasteiger partial charge in [-0.1, -0.05) is 6.07 Å². The zero-order valence-electron chi connectivity index (χ0n) is 11.1. The maximum absolute atomic E-state index is 13.5. The summed E-state index contributed by atoms with van der Waals surface area (Å²) in [5.41, 5.74) is 1.99. The molecule has 0 aliphatic heterocycles. The minimum atomic E-state index is -1.04. The van der Waals surface area contributed by atoms with Crippen molar-refractivity contribution >= 4 is 28.8 Å². The summed E-state index contributed by atoms with van der Waals surface area (Å²) in [6.45, 7) is 1.64. The maximum atomic E-state index is 13.5. The van der Waals surface area contributed by atoms with Crippen LogP contribution < -0.4 is 5.32 Å². The summed E-state index contributed by atoms with van der Waals surface area (Å²) in [5.74, 6) is -1.37. The lowest BCUT2D eigenvalue weighted by atomic mass is 10.2. The third-order valence-electron chi connectivity index (χ3n) is 3.14. The first-order valence-corrected chi connectivity index (χ1v) is 6.20. The first-order chi connectivity index (χ1) is 10.0. The van der Waals surface area contributed by atoms with Gasteiger partial charge in [0.05, 0.1) is 5.56 Å². The largest absolute Gasteiger partial charge is 0.478 e. The van der Waals surface area contributed by atoms with Gasteiger partial charge in [-0.05, 0) is 37.3 Å². The molecule has 2 N–H and O–H groups in total. The summed E-state index contributed by atoms with van der Waals surface area (Å²) in [4.78, 5) is 15.1. The Kier molecular flexibility index (Phi) is 3.06. The molecule has 0 amide bonds. The Bertz CT molecular complexity index is 842. The fraction of sp³-hybridized carbons (Fsp3) is 0.0667. The number of carboxylic acid groups (broad SMARTS) is 1.